The van der Waals surface area contributed by atoms with Gasteiger partial charge in [-0.25, -0.2) is 4.79 Å². The van der Waals surface area contributed by atoms with Crippen LogP contribution in [0.15, 0.2) is 60.8 Å². The first kappa shape index (κ1) is 15.7. The van der Waals surface area contributed by atoms with Crippen molar-refractivity contribution in [1.82, 2.24) is 9.88 Å². The van der Waals surface area contributed by atoms with Gasteiger partial charge < -0.3 is 14.6 Å². The zero-order chi connectivity index (χ0) is 16.8. The number of rotatable bonds is 3. The van der Waals surface area contributed by atoms with E-state index in [0.29, 0.717) is 0 Å². The van der Waals surface area contributed by atoms with E-state index in [2.05, 4.69) is 27.8 Å². The van der Waals surface area contributed by atoms with Gasteiger partial charge in [0, 0.05) is 29.7 Å². The summed E-state index contributed by atoms with van der Waals surface area (Å²) >= 11 is 0. The van der Waals surface area contributed by atoms with E-state index < -0.39 is 6.09 Å². The van der Waals surface area contributed by atoms with Crippen molar-refractivity contribution in [3.8, 4) is 11.8 Å². The monoisotopic (exact) mass is 318 g/mol. The first-order valence-electron chi connectivity index (χ1n) is 7.71. The van der Waals surface area contributed by atoms with E-state index in [1.807, 2.05) is 61.8 Å². The number of ether oxygens (including phenoxy) is 1. The molecule has 0 aliphatic rings. The normalized spacial score (nSPS) is 10.0. The van der Waals surface area contributed by atoms with Gasteiger partial charge in [-0.05, 0) is 29.8 Å². The molecule has 2 aromatic carbocycles. The van der Waals surface area contributed by atoms with Gasteiger partial charge in [-0.3, -0.25) is 0 Å². The summed E-state index contributed by atoms with van der Waals surface area (Å²) in [6, 6.07) is 17.7. The molecule has 4 heteroatoms. The van der Waals surface area contributed by atoms with E-state index in [0.717, 1.165) is 16.5 Å². The molecule has 3 aromatic rings. The van der Waals surface area contributed by atoms with Crippen LogP contribution < -0.4 is 5.32 Å². The highest BCUT2D eigenvalue weighted by atomic mass is 16.5. The second-order valence-electron chi connectivity index (χ2n) is 5.42. The Labute approximate surface area is 141 Å². The fourth-order valence-corrected chi connectivity index (χ4v) is 2.40. The number of carbonyl (C=O) groups excluding carboxylic acids is 1. The molecule has 0 spiro atoms. The van der Waals surface area contributed by atoms with Crippen molar-refractivity contribution in [2.24, 2.45) is 7.05 Å². The lowest BCUT2D eigenvalue weighted by molar-refractivity contribution is 0.141. The van der Waals surface area contributed by atoms with Crippen LogP contribution in [0.2, 0.25) is 0 Å². The predicted octanol–water partition coefficient (Wildman–Crippen LogP) is 3.46. The number of fused-ring (bicyclic) bond motifs is 1. The molecule has 0 aliphatic carbocycles. The number of nitrogens with one attached hydrogen (secondary N) is 1. The fourth-order valence-electron chi connectivity index (χ4n) is 2.40. The smallest absolute Gasteiger partial charge is 0.408 e. The number of benzene rings is 2. The highest BCUT2D eigenvalue weighted by Gasteiger charge is 2.00. The van der Waals surface area contributed by atoms with Crippen molar-refractivity contribution >= 4 is 17.0 Å². The number of hydrogen-bond donors (Lipinski definition) is 1. The minimum absolute atomic E-state index is 0.250. The molecule has 0 atom stereocenters. The van der Waals surface area contributed by atoms with Crippen LogP contribution in [0.3, 0.4) is 0 Å². The van der Waals surface area contributed by atoms with Crippen molar-refractivity contribution in [3.63, 3.8) is 0 Å². The van der Waals surface area contributed by atoms with Crippen molar-refractivity contribution in [1.29, 1.82) is 0 Å². The van der Waals surface area contributed by atoms with Crippen LogP contribution in [0.25, 0.3) is 10.9 Å². The minimum Gasteiger partial charge on any atom is -0.445 e. The molecule has 0 bridgehead atoms. The van der Waals surface area contributed by atoms with E-state index >= 15 is 0 Å². The Balaban J connectivity index is 1.48. The van der Waals surface area contributed by atoms with Gasteiger partial charge in [0.2, 0.25) is 0 Å². The average Bonchev–Trinajstić information content (AvgIpc) is 2.98. The van der Waals surface area contributed by atoms with Gasteiger partial charge in [0.15, 0.2) is 0 Å². The molecule has 0 fully saturated rings. The largest absolute Gasteiger partial charge is 0.445 e. The van der Waals surface area contributed by atoms with E-state index in [9.17, 15) is 4.79 Å². The molecule has 24 heavy (non-hydrogen) atoms. The maximum absolute atomic E-state index is 11.6. The number of alkyl carbamates (subject to hydrolysis) is 1. The minimum atomic E-state index is -0.466. The zero-order valence-electron chi connectivity index (χ0n) is 13.5. The molecule has 3 rings (SSSR count). The van der Waals surface area contributed by atoms with Gasteiger partial charge >= 0.3 is 6.09 Å². The van der Waals surface area contributed by atoms with E-state index in [1.165, 1.54) is 5.52 Å². The predicted molar refractivity (Wildman–Crippen MR) is 94.4 cm³/mol. The van der Waals surface area contributed by atoms with Crippen LogP contribution in [0.5, 0.6) is 0 Å². The third kappa shape index (κ3) is 3.96. The summed E-state index contributed by atoms with van der Waals surface area (Å²) in [5.41, 5.74) is 3.05. The van der Waals surface area contributed by atoms with Crippen molar-refractivity contribution in [3.05, 3.63) is 71.9 Å². The van der Waals surface area contributed by atoms with Gasteiger partial charge in [0.05, 0.1) is 6.54 Å². The van der Waals surface area contributed by atoms with Gasteiger partial charge in [0.1, 0.15) is 6.61 Å². The van der Waals surface area contributed by atoms with Crippen LogP contribution >= 0.6 is 0 Å². The third-order valence-electron chi connectivity index (χ3n) is 3.65. The van der Waals surface area contributed by atoms with Gasteiger partial charge in [0.25, 0.3) is 0 Å². The Bertz CT molecular complexity index is 902. The Morgan fingerprint density at radius 3 is 2.83 bits per heavy atom. The Hall–Kier alpha value is -3.19. The highest BCUT2D eigenvalue weighted by molar-refractivity contribution is 5.81. The van der Waals surface area contributed by atoms with E-state index in [-0.39, 0.29) is 13.2 Å². The van der Waals surface area contributed by atoms with Crippen molar-refractivity contribution < 1.29 is 9.53 Å². The molecule has 1 aromatic heterocycles. The summed E-state index contributed by atoms with van der Waals surface area (Å²) in [6.45, 7) is 0.505. The summed E-state index contributed by atoms with van der Waals surface area (Å²) < 4.78 is 7.19. The van der Waals surface area contributed by atoms with Crippen LogP contribution in [0.4, 0.5) is 4.79 Å². The SMILES string of the molecule is Cn1ccc2cc(C#CCNC(=O)OCc3ccccc3)ccc21. The Morgan fingerprint density at radius 1 is 1.17 bits per heavy atom. The van der Waals surface area contributed by atoms with Gasteiger partial charge in [-0.15, -0.1) is 0 Å². The van der Waals surface area contributed by atoms with Crippen LogP contribution in [-0.4, -0.2) is 17.2 Å². The second kappa shape index (κ2) is 7.38. The molecule has 1 N–H and O–H groups in total. The summed E-state index contributed by atoms with van der Waals surface area (Å²) in [5.74, 6) is 5.98. The third-order valence-corrected chi connectivity index (χ3v) is 3.65. The molecule has 0 unspecified atom stereocenters. The molecule has 0 aliphatic heterocycles. The first-order valence-corrected chi connectivity index (χ1v) is 7.71. The number of hydrogen-bond acceptors (Lipinski definition) is 2. The summed E-state index contributed by atoms with van der Waals surface area (Å²) in [5, 5.41) is 3.78. The van der Waals surface area contributed by atoms with Crippen LogP contribution in [0.1, 0.15) is 11.1 Å². The van der Waals surface area contributed by atoms with Gasteiger partial charge in [-0.1, -0.05) is 42.2 Å². The first-order chi connectivity index (χ1) is 11.7. The van der Waals surface area contributed by atoms with Crippen LogP contribution in [0, 0.1) is 11.8 Å². The van der Waals surface area contributed by atoms with Crippen molar-refractivity contribution in [2.45, 2.75) is 6.61 Å². The number of carbonyl (C=O) groups is 1. The molecule has 0 radical (unpaired) electrons. The average molecular weight is 318 g/mol. The Kier molecular flexibility index (Phi) is 4.83. The summed E-state index contributed by atoms with van der Waals surface area (Å²) in [7, 11) is 2.01. The number of nitrogens with zero attached hydrogens (tertiary/aromatic N) is 1. The number of amides is 1. The summed E-state index contributed by atoms with van der Waals surface area (Å²) in [6.07, 6.45) is 1.55. The van der Waals surface area contributed by atoms with Crippen molar-refractivity contribution in [2.75, 3.05) is 6.54 Å². The molecule has 4 nitrogen and oxygen atoms in total. The van der Waals surface area contributed by atoms with Gasteiger partial charge in [-0.2, -0.15) is 0 Å². The zero-order valence-corrected chi connectivity index (χ0v) is 13.5. The second-order valence-corrected chi connectivity index (χ2v) is 5.42. The van der Waals surface area contributed by atoms with E-state index in [4.69, 9.17) is 4.74 Å². The lowest BCUT2D eigenvalue weighted by Gasteiger charge is -2.04. The Morgan fingerprint density at radius 2 is 2.00 bits per heavy atom. The maximum atomic E-state index is 11.6. The molecular formula is C20H18N2O2. The fraction of sp³-hybridized carbons (Fsp3) is 0.150. The lowest BCUT2D eigenvalue weighted by atomic mass is 10.1. The molecule has 0 saturated carbocycles. The number of aromatic nitrogens is 1. The molecule has 120 valence electrons. The van der Waals surface area contributed by atoms with Crippen LogP contribution in [-0.2, 0) is 18.4 Å². The number of aryl methyl sites for hydroxylation is 1. The van der Waals surface area contributed by atoms with E-state index in [1.54, 1.807) is 0 Å². The summed E-state index contributed by atoms with van der Waals surface area (Å²) in [4.78, 5) is 11.6. The molecule has 1 amide bonds. The quantitative estimate of drug-likeness (QED) is 0.752. The molecule has 1 heterocycles. The molecule has 0 saturated heterocycles. The standard InChI is InChI=1S/C20H18N2O2/c1-22-13-11-18-14-16(9-10-19(18)22)8-5-12-21-20(23)24-15-17-6-3-2-4-7-17/h2-4,6-7,9-11,13-14H,12,15H2,1H3,(H,21,23). The maximum Gasteiger partial charge on any atom is 0.408 e. The topological polar surface area (TPSA) is 43.3 Å². The highest BCUT2D eigenvalue weighted by Crippen LogP contribution is 2.15. The molecular weight excluding hydrogens is 300 g/mol. The lowest BCUT2D eigenvalue weighted by Crippen LogP contribution is -2.24.